The SMILES string of the molecule is CCCCCCCCCCCC(=O)OCCOCCOCCOCCOCCOCCOC1CCCCO1. The maximum Gasteiger partial charge on any atom is 0.305 e. The Morgan fingerprint density at radius 1 is 0.605 bits per heavy atom. The lowest BCUT2D eigenvalue weighted by Gasteiger charge is -2.22. The summed E-state index contributed by atoms with van der Waals surface area (Å²) in [5.41, 5.74) is 0. The van der Waals surface area contributed by atoms with Crippen molar-refractivity contribution in [2.45, 2.75) is 96.7 Å². The van der Waals surface area contributed by atoms with Crippen LogP contribution in [0.2, 0.25) is 0 Å². The second-order valence-electron chi connectivity index (χ2n) is 9.53. The van der Waals surface area contributed by atoms with Crippen LogP contribution < -0.4 is 0 Å². The van der Waals surface area contributed by atoms with Crippen LogP contribution in [0, 0.1) is 0 Å². The summed E-state index contributed by atoms with van der Waals surface area (Å²) in [6, 6.07) is 0. The van der Waals surface area contributed by atoms with Crippen molar-refractivity contribution in [1.29, 1.82) is 0 Å². The van der Waals surface area contributed by atoms with E-state index in [2.05, 4.69) is 6.92 Å². The first-order valence-corrected chi connectivity index (χ1v) is 15.1. The van der Waals surface area contributed by atoms with Gasteiger partial charge in [0.25, 0.3) is 0 Å². The number of hydrogen-bond donors (Lipinski definition) is 0. The molecule has 38 heavy (non-hydrogen) atoms. The molecule has 0 saturated carbocycles. The van der Waals surface area contributed by atoms with Crippen molar-refractivity contribution in [3.8, 4) is 0 Å². The second-order valence-corrected chi connectivity index (χ2v) is 9.53. The van der Waals surface area contributed by atoms with E-state index in [1.54, 1.807) is 0 Å². The van der Waals surface area contributed by atoms with Crippen LogP contribution in [-0.4, -0.2) is 98.1 Å². The van der Waals surface area contributed by atoms with Crippen molar-refractivity contribution in [1.82, 2.24) is 0 Å². The Morgan fingerprint density at radius 3 is 1.58 bits per heavy atom. The zero-order valence-electron chi connectivity index (χ0n) is 24.1. The van der Waals surface area contributed by atoms with Crippen LogP contribution in [0.4, 0.5) is 0 Å². The number of esters is 1. The highest BCUT2D eigenvalue weighted by molar-refractivity contribution is 5.69. The van der Waals surface area contributed by atoms with E-state index in [0.29, 0.717) is 85.7 Å². The highest BCUT2D eigenvalue weighted by Crippen LogP contribution is 2.13. The average molecular weight is 549 g/mol. The topological polar surface area (TPSA) is 90.9 Å². The van der Waals surface area contributed by atoms with Gasteiger partial charge in [-0.3, -0.25) is 4.79 Å². The van der Waals surface area contributed by atoms with Crippen molar-refractivity contribution < 1.29 is 42.7 Å². The van der Waals surface area contributed by atoms with E-state index < -0.39 is 0 Å². The molecule has 1 fully saturated rings. The lowest BCUT2D eigenvalue weighted by molar-refractivity contribution is -0.169. The molecule has 0 aliphatic carbocycles. The first-order valence-electron chi connectivity index (χ1n) is 15.1. The Morgan fingerprint density at radius 2 is 1.08 bits per heavy atom. The molecule has 1 rings (SSSR count). The third kappa shape index (κ3) is 25.5. The molecule has 9 heteroatoms. The van der Waals surface area contributed by atoms with Crippen LogP contribution in [0.1, 0.15) is 90.4 Å². The highest BCUT2D eigenvalue weighted by Gasteiger charge is 2.13. The fraction of sp³-hybridized carbons (Fsp3) is 0.966. The van der Waals surface area contributed by atoms with Gasteiger partial charge in [-0.1, -0.05) is 58.3 Å². The van der Waals surface area contributed by atoms with Gasteiger partial charge in [0, 0.05) is 13.0 Å². The number of unbranched alkanes of at least 4 members (excludes halogenated alkanes) is 8. The Bertz CT molecular complexity index is 487. The molecule has 0 bridgehead atoms. The maximum absolute atomic E-state index is 11.7. The molecule has 1 aliphatic rings. The first kappa shape index (κ1) is 35.2. The Kier molecular flexibility index (Phi) is 27.0. The number of carbonyl (C=O) groups is 1. The predicted molar refractivity (Wildman–Crippen MR) is 146 cm³/mol. The molecule has 0 N–H and O–H groups in total. The largest absolute Gasteiger partial charge is 0.463 e. The molecule has 0 amide bonds. The molecule has 1 atom stereocenters. The number of rotatable bonds is 29. The second kappa shape index (κ2) is 29.2. The summed E-state index contributed by atoms with van der Waals surface area (Å²) in [6.07, 6.45) is 14.9. The lowest BCUT2D eigenvalue weighted by Crippen LogP contribution is -2.24. The molecule has 0 spiro atoms. The van der Waals surface area contributed by atoms with Crippen LogP contribution in [0.5, 0.6) is 0 Å². The van der Waals surface area contributed by atoms with Gasteiger partial charge in [-0.05, 0) is 25.7 Å². The first-order chi connectivity index (χ1) is 18.8. The van der Waals surface area contributed by atoms with E-state index in [4.69, 9.17) is 37.9 Å². The minimum Gasteiger partial charge on any atom is -0.463 e. The summed E-state index contributed by atoms with van der Waals surface area (Å²) >= 11 is 0. The van der Waals surface area contributed by atoms with Crippen LogP contribution in [0.15, 0.2) is 0 Å². The molecule has 0 radical (unpaired) electrons. The summed E-state index contributed by atoms with van der Waals surface area (Å²) < 4.78 is 43.6. The highest BCUT2D eigenvalue weighted by atomic mass is 16.7. The quantitative estimate of drug-likeness (QED) is 0.0938. The molecular weight excluding hydrogens is 492 g/mol. The molecule has 1 saturated heterocycles. The van der Waals surface area contributed by atoms with Crippen molar-refractivity contribution in [3.63, 3.8) is 0 Å². The van der Waals surface area contributed by atoms with Gasteiger partial charge in [0.1, 0.15) is 6.61 Å². The van der Waals surface area contributed by atoms with Gasteiger partial charge in [-0.2, -0.15) is 0 Å². The van der Waals surface area contributed by atoms with Gasteiger partial charge in [0.05, 0.1) is 72.7 Å². The maximum atomic E-state index is 11.7. The van der Waals surface area contributed by atoms with E-state index in [1.807, 2.05) is 0 Å². The van der Waals surface area contributed by atoms with Crippen LogP contribution >= 0.6 is 0 Å². The van der Waals surface area contributed by atoms with E-state index in [-0.39, 0.29) is 12.3 Å². The molecular formula is C29H56O9. The summed E-state index contributed by atoms with van der Waals surface area (Å²) in [5.74, 6) is -0.128. The van der Waals surface area contributed by atoms with E-state index >= 15 is 0 Å². The van der Waals surface area contributed by atoms with Crippen LogP contribution in [0.3, 0.4) is 0 Å². The van der Waals surface area contributed by atoms with E-state index in [1.165, 1.54) is 51.4 Å². The van der Waals surface area contributed by atoms with Gasteiger partial charge in [0.2, 0.25) is 0 Å². The molecule has 226 valence electrons. The third-order valence-corrected chi connectivity index (χ3v) is 6.13. The van der Waals surface area contributed by atoms with Crippen LogP contribution in [0.25, 0.3) is 0 Å². The zero-order valence-corrected chi connectivity index (χ0v) is 24.1. The smallest absolute Gasteiger partial charge is 0.305 e. The minimum absolute atomic E-state index is 0.0623. The predicted octanol–water partition coefficient (Wildman–Crippen LogP) is 5.08. The fourth-order valence-corrected chi connectivity index (χ4v) is 3.93. The lowest BCUT2D eigenvalue weighted by atomic mass is 10.1. The van der Waals surface area contributed by atoms with Gasteiger partial charge in [0.15, 0.2) is 6.29 Å². The molecule has 1 aliphatic heterocycles. The summed E-state index contributed by atoms with van der Waals surface area (Å²) in [5, 5.41) is 0. The molecule has 1 heterocycles. The van der Waals surface area contributed by atoms with Gasteiger partial charge in [-0.25, -0.2) is 0 Å². The van der Waals surface area contributed by atoms with Gasteiger partial charge >= 0.3 is 5.97 Å². The number of ether oxygens (including phenoxy) is 8. The van der Waals surface area contributed by atoms with Crippen molar-refractivity contribution in [2.75, 3.05) is 85.9 Å². The summed E-state index contributed by atoms with van der Waals surface area (Å²) in [7, 11) is 0. The number of hydrogen-bond acceptors (Lipinski definition) is 9. The molecule has 0 aromatic carbocycles. The summed E-state index contributed by atoms with van der Waals surface area (Å²) in [6.45, 7) is 8.91. The van der Waals surface area contributed by atoms with Gasteiger partial charge < -0.3 is 37.9 Å². The Labute approximate surface area is 231 Å². The van der Waals surface area contributed by atoms with Crippen molar-refractivity contribution in [3.05, 3.63) is 0 Å². The normalized spacial score (nSPS) is 15.7. The monoisotopic (exact) mass is 548 g/mol. The Balaban J connectivity index is 1.66. The molecule has 1 unspecified atom stereocenters. The standard InChI is InChI=1S/C29H56O9/c1-2-3-4-5-6-7-8-9-10-13-28(30)36-26-24-34-22-20-32-18-16-31-17-19-33-21-23-35-25-27-38-29-14-11-12-15-37-29/h29H,2-27H2,1H3. The molecule has 0 aromatic heterocycles. The summed E-state index contributed by atoms with van der Waals surface area (Å²) in [4.78, 5) is 11.7. The fourth-order valence-electron chi connectivity index (χ4n) is 3.93. The molecule has 0 aromatic rings. The van der Waals surface area contributed by atoms with E-state index in [9.17, 15) is 4.79 Å². The Hall–Kier alpha value is -0.810. The minimum atomic E-state index is -0.128. The average Bonchev–Trinajstić information content (AvgIpc) is 2.94. The zero-order chi connectivity index (χ0) is 27.2. The third-order valence-electron chi connectivity index (χ3n) is 6.13. The number of carbonyl (C=O) groups excluding carboxylic acids is 1. The van der Waals surface area contributed by atoms with E-state index in [0.717, 1.165) is 32.3 Å². The van der Waals surface area contributed by atoms with Crippen LogP contribution in [-0.2, 0) is 42.7 Å². The van der Waals surface area contributed by atoms with Gasteiger partial charge in [-0.15, -0.1) is 0 Å². The van der Waals surface area contributed by atoms with Crippen molar-refractivity contribution in [2.24, 2.45) is 0 Å². The van der Waals surface area contributed by atoms with Crippen molar-refractivity contribution >= 4 is 5.97 Å². The molecule has 9 nitrogen and oxygen atoms in total.